The van der Waals surface area contributed by atoms with E-state index in [0.717, 1.165) is 16.7 Å². The molecule has 8 heteroatoms. The average Bonchev–Trinajstić information content (AvgIpc) is 3.17. The first-order valence-electron chi connectivity index (χ1n) is 8.91. The minimum Gasteiger partial charge on any atom is -0.475 e. The van der Waals surface area contributed by atoms with Gasteiger partial charge in [-0.25, -0.2) is 9.38 Å². The molecule has 3 aromatic carbocycles. The Hall–Kier alpha value is -3.06. The van der Waals surface area contributed by atoms with Crippen LogP contribution in [0.1, 0.15) is 17.2 Å². The fourth-order valence-electron chi connectivity index (χ4n) is 3.13. The van der Waals surface area contributed by atoms with Gasteiger partial charge >= 0.3 is 6.36 Å². The van der Waals surface area contributed by atoms with Crippen LogP contribution in [-0.4, -0.2) is 18.9 Å². The number of aliphatic imine (C=N–C) groups is 1. The second-order valence-corrected chi connectivity index (χ2v) is 6.96. The predicted molar refractivity (Wildman–Crippen MR) is 105 cm³/mol. The summed E-state index contributed by atoms with van der Waals surface area (Å²) in [6.45, 7) is 0.253. The highest BCUT2D eigenvalue weighted by molar-refractivity contribution is 6.33. The zero-order valence-corrected chi connectivity index (χ0v) is 16.0. The van der Waals surface area contributed by atoms with Gasteiger partial charge in [-0.05, 0) is 41.0 Å². The molecule has 0 aliphatic carbocycles. The predicted octanol–water partition coefficient (Wildman–Crippen LogP) is 6.56. The Morgan fingerprint density at radius 3 is 2.17 bits per heavy atom. The molecule has 1 atom stereocenters. The van der Waals surface area contributed by atoms with Crippen LogP contribution in [0.3, 0.4) is 0 Å². The van der Waals surface area contributed by atoms with Gasteiger partial charge in [0.2, 0.25) is 5.90 Å². The third-order valence-electron chi connectivity index (χ3n) is 4.54. The number of benzene rings is 3. The lowest BCUT2D eigenvalue weighted by molar-refractivity contribution is -0.274. The molecule has 1 aliphatic heterocycles. The highest BCUT2D eigenvalue weighted by Gasteiger charge is 2.31. The van der Waals surface area contributed by atoms with E-state index in [-0.39, 0.29) is 34.9 Å². The first-order valence-corrected chi connectivity index (χ1v) is 9.29. The highest BCUT2D eigenvalue weighted by atomic mass is 35.5. The Balaban J connectivity index is 1.51. The summed E-state index contributed by atoms with van der Waals surface area (Å²) in [7, 11) is 0. The van der Waals surface area contributed by atoms with Crippen molar-refractivity contribution < 1.29 is 27.0 Å². The van der Waals surface area contributed by atoms with Gasteiger partial charge in [-0.3, -0.25) is 0 Å². The van der Waals surface area contributed by atoms with Crippen molar-refractivity contribution in [3.8, 4) is 16.9 Å². The van der Waals surface area contributed by atoms with Crippen LogP contribution in [-0.2, 0) is 4.74 Å². The quantitative estimate of drug-likeness (QED) is 0.434. The van der Waals surface area contributed by atoms with Crippen molar-refractivity contribution in [1.82, 2.24) is 0 Å². The SMILES string of the molecule is Fc1cccc(Cl)c1C1=NC(c2ccc(-c3ccc(OC(F)(F)F)cc3)cc2)CO1. The molecule has 30 heavy (non-hydrogen) atoms. The Morgan fingerprint density at radius 2 is 1.57 bits per heavy atom. The number of hydrogen-bond donors (Lipinski definition) is 0. The summed E-state index contributed by atoms with van der Waals surface area (Å²) in [4.78, 5) is 4.45. The molecule has 0 saturated carbocycles. The summed E-state index contributed by atoms with van der Waals surface area (Å²) in [6, 6.07) is 17.0. The zero-order valence-electron chi connectivity index (χ0n) is 15.3. The Labute approximate surface area is 174 Å². The fraction of sp³-hybridized carbons (Fsp3) is 0.136. The standard InChI is InChI=1S/C22H14ClF4NO2/c23-17-2-1-3-18(24)20(17)21-28-19(12-29-21)15-6-4-13(5-7-15)14-8-10-16(11-9-14)30-22(25,26)27/h1-11,19H,12H2. The Morgan fingerprint density at radius 1 is 0.933 bits per heavy atom. The first kappa shape index (κ1) is 20.2. The summed E-state index contributed by atoms with van der Waals surface area (Å²) in [5, 5.41) is 0.225. The van der Waals surface area contributed by atoms with Crippen molar-refractivity contribution in [3.63, 3.8) is 0 Å². The summed E-state index contributed by atoms with van der Waals surface area (Å²) in [5.74, 6) is -0.623. The van der Waals surface area contributed by atoms with Crippen molar-refractivity contribution in [3.05, 3.63) is 88.7 Å². The van der Waals surface area contributed by atoms with Crippen molar-refractivity contribution >= 4 is 17.5 Å². The van der Waals surface area contributed by atoms with E-state index in [2.05, 4.69) is 9.73 Å². The van der Waals surface area contributed by atoms with Crippen molar-refractivity contribution in [2.45, 2.75) is 12.4 Å². The number of ether oxygens (including phenoxy) is 2. The Bertz CT molecular complexity index is 1060. The van der Waals surface area contributed by atoms with E-state index in [0.29, 0.717) is 0 Å². The van der Waals surface area contributed by atoms with Gasteiger partial charge in [-0.15, -0.1) is 13.2 Å². The maximum absolute atomic E-state index is 14.1. The van der Waals surface area contributed by atoms with E-state index in [9.17, 15) is 17.6 Å². The molecule has 0 aromatic heterocycles. The molecular weight excluding hydrogens is 422 g/mol. The maximum Gasteiger partial charge on any atom is 0.573 e. The number of rotatable bonds is 4. The van der Waals surface area contributed by atoms with Crippen molar-refractivity contribution in [2.24, 2.45) is 4.99 Å². The lowest BCUT2D eigenvalue weighted by Crippen LogP contribution is -2.16. The molecule has 3 nitrogen and oxygen atoms in total. The minimum absolute atomic E-state index is 0.138. The van der Waals surface area contributed by atoms with Gasteiger partial charge in [0.05, 0.1) is 10.6 Å². The molecule has 0 fully saturated rings. The molecule has 4 rings (SSSR count). The molecule has 154 valence electrons. The van der Waals surface area contributed by atoms with E-state index in [1.54, 1.807) is 18.2 Å². The number of halogens is 5. The van der Waals surface area contributed by atoms with Gasteiger partial charge in [0.15, 0.2) is 0 Å². The second-order valence-electron chi connectivity index (χ2n) is 6.55. The van der Waals surface area contributed by atoms with Crippen molar-refractivity contribution in [2.75, 3.05) is 6.61 Å². The third kappa shape index (κ3) is 4.41. The van der Waals surface area contributed by atoms with Gasteiger partial charge in [0.1, 0.15) is 24.2 Å². The van der Waals surface area contributed by atoms with Crippen LogP contribution in [0.15, 0.2) is 71.7 Å². The van der Waals surface area contributed by atoms with Crippen LogP contribution in [0.4, 0.5) is 17.6 Å². The summed E-state index contributed by atoms with van der Waals surface area (Å²) in [5.41, 5.74) is 2.55. The molecule has 0 saturated heterocycles. The van der Waals surface area contributed by atoms with E-state index < -0.39 is 12.2 Å². The van der Waals surface area contributed by atoms with Gasteiger partial charge in [-0.1, -0.05) is 54.1 Å². The molecule has 0 N–H and O–H groups in total. The van der Waals surface area contributed by atoms with Crippen LogP contribution in [0.2, 0.25) is 5.02 Å². The number of alkyl halides is 3. The largest absolute Gasteiger partial charge is 0.573 e. The van der Waals surface area contributed by atoms with E-state index in [1.165, 1.54) is 24.3 Å². The zero-order chi connectivity index (χ0) is 21.3. The molecular formula is C22H14ClF4NO2. The smallest absolute Gasteiger partial charge is 0.475 e. The van der Waals surface area contributed by atoms with E-state index in [4.69, 9.17) is 16.3 Å². The van der Waals surface area contributed by atoms with Gasteiger partial charge in [-0.2, -0.15) is 0 Å². The molecule has 0 bridgehead atoms. The average molecular weight is 436 g/mol. The second kappa shape index (κ2) is 7.99. The Kier molecular flexibility index (Phi) is 5.39. The van der Waals surface area contributed by atoms with Crippen molar-refractivity contribution in [1.29, 1.82) is 0 Å². The van der Waals surface area contributed by atoms with Crippen LogP contribution in [0.5, 0.6) is 5.75 Å². The van der Waals surface area contributed by atoms with Gasteiger partial charge < -0.3 is 9.47 Å². The number of hydrogen-bond acceptors (Lipinski definition) is 3. The molecule has 1 heterocycles. The molecule has 0 amide bonds. The van der Waals surface area contributed by atoms with Crippen LogP contribution >= 0.6 is 11.6 Å². The van der Waals surface area contributed by atoms with Crippen LogP contribution < -0.4 is 4.74 Å². The van der Waals surface area contributed by atoms with Gasteiger partial charge in [0.25, 0.3) is 0 Å². The molecule has 3 aromatic rings. The maximum atomic E-state index is 14.1. The normalized spacial score (nSPS) is 16.2. The van der Waals surface area contributed by atoms with E-state index >= 15 is 0 Å². The fourth-order valence-corrected chi connectivity index (χ4v) is 3.37. The molecule has 0 radical (unpaired) electrons. The monoisotopic (exact) mass is 435 g/mol. The first-order chi connectivity index (χ1) is 14.3. The third-order valence-corrected chi connectivity index (χ3v) is 4.86. The summed E-state index contributed by atoms with van der Waals surface area (Å²) < 4.78 is 60.3. The van der Waals surface area contributed by atoms with Gasteiger partial charge in [0, 0.05) is 0 Å². The lowest BCUT2D eigenvalue weighted by atomic mass is 10.0. The molecule has 0 spiro atoms. The summed E-state index contributed by atoms with van der Waals surface area (Å²) >= 11 is 6.07. The summed E-state index contributed by atoms with van der Waals surface area (Å²) in [6.07, 6.45) is -4.72. The highest BCUT2D eigenvalue weighted by Crippen LogP contribution is 2.31. The van der Waals surface area contributed by atoms with Crippen LogP contribution in [0, 0.1) is 5.82 Å². The molecule has 1 aliphatic rings. The number of nitrogens with zero attached hydrogens (tertiary/aromatic N) is 1. The topological polar surface area (TPSA) is 30.8 Å². The minimum atomic E-state index is -4.72. The molecule has 1 unspecified atom stereocenters. The van der Waals surface area contributed by atoms with Crippen LogP contribution in [0.25, 0.3) is 11.1 Å². The van der Waals surface area contributed by atoms with E-state index in [1.807, 2.05) is 24.3 Å². The lowest BCUT2D eigenvalue weighted by Gasteiger charge is -2.10.